The van der Waals surface area contributed by atoms with E-state index in [1.165, 1.54) is 5.56 Å². The molecule has 0 saturated carbocycles. The number of hydrogen-bond acceptors (Lipinski definition) is 5. The van der Waals surface area contributed by atoms with Crippen LogP contribution in [0.25, 0.3) is 61.0 Å². The first-order valence-corrected chi connectivity index (χ1v) is 19.8. The molecule has 0 aliphatic carbocycles. The molecule has 7 heteroatoms. The molecule has 9 aromatic rings. The van der Waals surface area contributed by atoms with Gasteiger partial charge >= 0.3 is 0 Å². The van der Waals surface area contributed by atoms with Crippen molar-refractivity contribution in [2.24, 2.45) is 0 Å². The maximum Gasteiger partial charge on any atom is 0.137 e. The predicted molar refractivity (Wildman–Crippen MR) is 237 cm³/mol. The van der Waals surface area contributed by atoms with Gasteiger partial charge in [-0.15, -0.1) is 41.4 Å². The number of furan rings is 1. The van der Waals surface area contributed by atoms with E-state index in [4.69, 9.17) is 14.1 Å². The van der Waals surface area contributed by atoms with Crippen molar-refractivity contribution in [2.45, 2.75) is 52.5 Å². The largest absolute Gasteiger partial charge is 0.509 e. The predicted octanol–water partition coefficient (Wildman–Crippen LogP) is 13.3. The van der Waals surface area contributed by atoms with Crippen LogP contribution >= 0.6 is 0 Å². The zero-order valence-electron chi connectivity index (χ0n) is 33.9. The number of para-hydroxylation sites is 1. The molecule has 0 radical (unpaired) electrons. The second-order valence-corrected chi connectivity index (χ2v) is 17.0. The Bertz CT molecular complexity index is 3040. The Morgan fingerprint density at radius 1 is 0.610 bits per heavy atom. The number of aromatic nitrogens is 2. The summed E-state index contributed by atoms with van der Waals surface area (Å²) in [5, 5.41) is 4.31. The van der Waals surface area contributed by atoms with E-state index in [9.17, 15) is 0 Å². The summed E-state index contributed by atoms with van der Waals surface area (Å²) < 4.78 is 15.3. The van der Waals surface area contributed by atoms with Gasteiger partial charge in [0.1, 0.15) is 17.0 Å². The van der Waals surface area contributed by atoms with Crippen LogP contribution in [-0.2, 0) is 26.5 Å². The van der Waals surface area contributed by atoms with E-state index in [1.54, 1.807) is 0 Å². The van der Waals surface area contributed by atoms with Crippen molar-refractivity contribution in [3.8, 4) is 17.3 Å². The summed E-state index contributed by atoms with van der Waals surface area (Å²) in [5.41, 5.74) is 9.83. The standard InChI is InChI=1S/C52H43N4O2.Pt/c1-51(2,3)36-26-27-53-48(28-36)56-44-30-39(24-25-40(44)42-31-43-41-22-13-14-23-46(41)58-47(43)32-45(42)56)57-38-21-15-20-37(29-38)54-33-55(52(4,5)6)50(35-18-11-8-12-19-35)49(54)34-16-9-7-10-17-34;/h7-28,31-33H,1-6H3;/q-3;. The number of benzene rings is 6. The number of hydrogen-bond donors (Lipinski definition) is 0. The number of ether oxygens (including phenoxy) is 1. The summed E-state index contributed by atoms with van der Waals surface area (Å²) in [7, 11) is 0. The first-order valence-electron chi connectivity index (χ1n) is 19.8. The molecule has 0 fully saturated rings. The fraction of sp³-hybridized carbons (Fsp3) is 0.154. The average Bonchev–Trinajstić information content (AvgIpc) is 3.90. The average molecular weight is 951 g/mol. The summed E-state index contributed by atoms with van der Waals surface area (Å²) in [6.45, 7) is 15.6. The molecule has 0 amide bonds. The van der Waals surface area contributed by atoms with E-state index >= 15 is 0 Å². The molecule has 0 bridgehead atoms. The topological polar surface area (TPSA) is 46.7 Å². The van der Waals surface area contributed by atoms with Gasteiger partial charge in [0.15, 0.2) is 0 Å². The fourth-order valence-electron chi connectivity index (χ4n) is 8.09. The van der Waals surface area contributed by atoms with Gasteiger partial charge in [0.2, 0.25) is 0 Å². The minimum atomic E-state index is -0.201. The molecule has 0 saturated heterocycles. The van der Waals surface area contributed by atoms with Crippen LogP contribution < -0.4 is 9.64 Å². The first kappa shape index (κ1) is 38.4. The van der Waals surface area contributed by atoms with Crippen LogP contribution in [0.4, 0.5) is 5.69 Å². The zero-order valence-corrected chi connectivity index (χ0v) is 36.1. The molecule has 0 atom stereocenters. The van der Waals surface area contributed by atoms with Gasteiger partial charge in [0, 0.05) is 78.0 Å². The van der Waals surface area contributed by atoms with Gasteiger partial charge in [-0.05, 0) is 66.5 Å². The summed E-state index contributed by atoms with van der Waals surface area (Å²) in [6.07, 6.45) is 1.89. The maximum atomic E-state index is 6.68. The summed E-state index contributed by atoms with van der Waals surface area (Å²) in [6, 6.07) is 55.5. The van der Waals surface area contributed by atoms with E-state index in [2.05, 4.69) is 184 Å². The molecule has 1 aliphatic rings. The second-order valence-electron chi connectivity index (χ2n) is 17.0. The third-order valence-corrected chi connectivity index (χ3v) is 11.0. The number of fused-ring (bicyclic) bond motifs is 6. The van der Waals surface area contributed by atoms with Gasteiger partial charge in [-0.25, -0.2) is 4.98 Å². The first-order chi connectivity index (χ1) is 28.0. The molecule has 6 aromatic carbocycles. The summed E-state index contributed by atoms with van der Waals surface area (Å²) in [4.78, 5) is 9.51. The Morgan fingerprint density at radius 3 is 2.03 bits per heavy atom. The van der Waals surface area contributed by atoms with Crippen LogP contribution in [0.2, 0.25) is 0 Å². The Labute approximate surface area is 359 Å². The van der Waals surface area contributed by atoms with Gasteiger partial charge in [0.25, 0.3) is 0 Å². The molecule has 59 heavy (non-hydrogen) atoms. The van der Waals surface area contributed by atoms with Crippen LogP contribution in [0.3, 0.4) is 0 Å². The van der Waals surface area contributed by atoms with Crippen molar-refractivity contribution in [3.63, 3.8) is 0 Å². The number of rotatable bonds is 6. The van der Waals surface area contributed by atoms with Crippen LogP contribution in [0, 0.1) is 18.8 Å². The van der Waals surface area contributed by atoms with E-state index in [1.807, 2.05) is 36.5 Å². The molecule has 0 spiro atoms. The van der Waals surface area contributed by atoms with E-state index in [0.29, 0.717) is 11.5 Å². The Kier molecular flexibility index (Phi) is 9.52. The van der Waals surface area contributed by atoms with E-state index in [-0.39, 0.29) is 32.0 Å². The molecule has 10 rings (SSSR count). The molecule has 3 aromatic heterocycles. The Morgan fingerprint density at radius 2 is 1.31 bits per heavy atom. The molecular formula is C52H43N4O2Pt-3. The van der Waals surface area contributed by atoms with Crippen molar-refractivity contribution in [2.75, 3.05) is 4.90 Å². The van der Waals surface area contributed by atoms with Crippen molar-refractivity contribution >= 4 is 60.8 Å². The van der Waals surface area contributed by atoms with Crippen molar-refractivity contribution in [3.05, 3.63) is 181 Å². The quantitative estimate of drug-likeness (QED) is 0.155. The molecule has 296 valence electrons. The molecule has 6 nitrogen and oxygen atoms in total. The minimum absolute atomic E-state index is 0. The Hall–Kier alpha value is -6.10. The van der Waals surface area contributed by atoms with Crippen LogP contribution in [0.5, 0.6) is 11.5 Å². The molecule has 4 heterocycles. The van der Waals surface area contributed by atoms with Gasteiger partial charge in [-0.1, -0.05) is 111 Å². The van der Waals surface area contributed by atoms with Gasteiger partial charge in [0.05, 0.1) is 0 Å². The molecule has 0 unspecified atom stereocenters. The fourth-order valence-corrected chi connectivity index (χ4v) is 8.09. The van der Waals surface area contributed by atoms with E-state index in [0.717, 1.165) is 77.8 Å². The third kappa shape index (κ3) is 6.80. The summed E-state index contributed by atoms with van der Waals surface area (Å²) >= 11 is 0. The zero-order chi connectivity index (χ0) is 39.8. The van der Waals surface area contributed by atoms with Gasteiger partial charge in [-0.2, -0.15) is 18.8 Å². The number of anilines is 1. The maximum absolute atomic E-state index is 6.68. The second kappa shape index (κ2) is 14.6. The van der Waals surface area contributed by atoms with E-state index < -0.39 is 0 Å². The number of nitrogens with zero attached hydrogens (tertiary/aromatic N) is 4. The normalized spacial score (nSPS) is 13.6. The van der Waals surface area contributed by atoms with Crippen molar-refractivity contribution in [1.82, 2.24) is 14.5 Å². The number of pyridine rings is 1. The van der Waals surface area contributed by atoms with Gasteiger partial charge < -0.3 is 23.5 Å². The Balaban J connectivity index is 0.00000449. The molecule has 1 aliphatic heterocycles. The summed E-state index contributed by atoms with van der Waals surface area (Å²) in [5.74, 6) is 1.98. The van der Waals surface area contributed by atoms with Crippen LogP contribution in [0.1, 0.15) is 58.2 Å². The van der Waals surface area contributed by atoms with Crippen LogP contribution in [-0.4, -0.2) is 20.0 Å². The smallest absolute Gasteiger partial charge is 0.137 e. The SMILES string of the molecule is CC(C)(C)c1ccnc(-n2c3[c-]c(Oc4[c-]c(N5[CH-]N(C(C)(C)C)C(c6ccccc6)=C5c5ccccc5)ccc4)ccc3c3cc4c(cc32)oc2ccccc24)c1.[Pt]. The van der Waals surface area contributed by atoms with Crippen molar-refractivity contribution < 1.29 is 30.2 Å². The van der Waals surface area contributed by atoms with Gasteiger partial charge in [-0.3, -0.25) is 0 Å². The monoisotopic (exact) mass is 950 g/mol. The minimum Gasteiger partial charge on any atom is -0.509 e. The molecule has 0 N–H and O–H groups in total. The molecular weight excluding hydrogens is 908 g/mol. The third-order valence-electron chi connectivity index (χ3n) is 11.0. The van der Waals surface area contributed by atoms with Crippen molar-refractivity contribution in [1.29, 1.82) is 0 Å². The van der Waals surface area contributed by atoms with Crippen LogP contribution in [0.15, 0.2) is 150 Å².